The van der Waals surface area contributed by atoms with Crippen molar-refractivity contribution in [2.24, 2.45) is 0 Å². The van der Waals surface area contributed by atoms with Gasteiger partial charge in [0.15, 0.2) is 0 Å². The molecule has 0 amide bonds. The van der Waals surface area contributed by atoms with Crippen LogP contribution in [0.15, 0.2) is 12.1 Å². The number of carbonyl (C=O) groups excluding carboxylic acids is 2. The molecular formula is C8H4Cl2O4. The third-order valence-corrected chi connectivity index (χ3v) is 2.06. The van der Waals surface area contributed by atoms with E-state index in [9.17, 15) is 14.7 Å². The van der Waals surface area contributed by atoms with Crippen molar-refractivity contribution in [1.82, 2.24) is 0 Å². The van der Waals surface area contributed by atoms with Gasteiger partial charge in [-0.05, 0) is 12.1 Å². The second-order valence-corrected chi connectivity index (χ2v) is 3.07. The summed E-state index contributed by atoms with van der Waals surface area (Å²) >= 11 is 11.1. The van der Waals surface area contributed by atoms with Gasteiger partial charge in [-0.25, -0.2) is 4.79 Å². The molecule has 0 saturated heterocycles. The number of halogens is 2. The highest BCUT2D eigenvalue weighted by Gasteiger charge is 2.19. The van der Waals surface area contributed by atoms with Crippen LogP contribution in [0.25, 0.3) is 0 Å². The normalized spacial score (nSPS) is 9.57. The Morgan fingerprint density at radius 2 is 1.93 bits per heavy atom. The molecule has 0 radical (unpaired) electrons. The predicted molar refractivity (Wildman–Crippen MR) is 49.6 cm³/mol. The lowest BCUT2D eigenvalue weighted by Gasteiger charge is -2.04. The number of carbonyl (C=O) groups is 2. The topological polar surface area (TPSA) is 63.6 Å². The SMILES string of the molecule is O=COC(=O)c1c(Cl)ccc(Cl)c1O. The van der Waals surface area contributed by atoms with Gasteiger partial charge in [-0.2, -0.15) is 0 Å². The Labute approximate surface area is 89.0 Å². The van der Waals surface area contributed by atoms with E-state index < -0.39 is 11.7 Å². The molecule has 0 saturated carbocycles. The summed E-state index contributed by atoms with van der Waals surface area (Å²) in [6.07, 6.45) is 0. The quantitative estimate of drug-likeness (QED) is 0.483. The number of esters is 1. The summed E-state index contributed by atoms with van der Waals surface area (Å²) in [5.74, 6) is -1.56. The largest absolute Gasteiger partial charge is 0.505 e. The van der Waals surface area contributed by atoms with E-state index in [1.807, 2.05) is 0 Å². The number of hydrogen-bond acceptors (Lipinski definition) is 4. The summed E-state index contributed by atoms with van der Waals surface area (Å²) in [6.45, 7) is -0.0565. The van der Waals surface area contributed by atoms with E-state index in [0.29, 0.717) is 0 Å². The lowest BCUT2D eigenvalue weighted by atomic mass is 10.2. The van der Waals surface area contributed by atoms with E-state index in [0.717, 1.165) is 0 Å². The average Bonchev–Trinajstić information content (AvgIpc) is 2.13. The van der Waals surface area contributed by atoms with Crippen molar-refractivity contribution in [3.8, 4) is 5.75 Å². The van der Waals surface area contributed by atoms with E-state index in [-0.39, 0.29) is 22.1 Å². The third kappa shape index (κ3) is 1.97. The summed E-state index contributed by atoms with van der Waals surface area (Å²) in [6, 6.07) is 2.63. The fraction of sp³-hybridized carbons (Fsp3) is 0. The van der Waals surface area contributed by atoms with Crippen LogP contribution in [0.5, 0.6) is 5.75 Å². The van der Waals surface area contributed by atoms with Gasteiger partial charge in [0, 0.05) is 0 Å². The highest BCUT2D eigenvalue weighted by molar-refractivity contribution is 6.37. The van der Waals surface area contributed by atoms with Gasteiger partial charge < -0.3 is 9.84 Å². The number of phenols is 1. The maximum atomic E-state index is 11.1. The van der Waals surface area contributed by atoms with Crippen molar-refractivity contribution in [2.75, 3.05) is 0 Å². The molecule has 1 aromatic rings. The number of hydrogen-bond donors (Lipinski definition) is 1. The molecule has 1 aromatic carbocycles. The molecule has 1 N–H and O–H groups in total. The standard InChI is InChI=1S/C8H4Cl2O4/c9-4-1-2-5(10)7(12)6(4)8(13)14-3-11/h1-3,12H. The third-order valence-electron chi connectivity index (χ3n) is 1.44. The summed E-state index contributed by atoms with van der Waals surface area (Å²) in [4.78, 5) is 21.0. The molecule has 6 heteroatoms. The van der Waals surface area contributed by atoms with Crippen molar-refractivity contribution in [2.45, 2.75) is 0 Å². The molecule has 0 spiro atoms. The van der Waals surface area contributed by atoms with Crippen LogP contribution in [0.1, 0.15) is 10.4 Å². The second-order valence-electron chi connectivity index (χ2n) is 2.25. The van der Waals surface area contributed by atoms with Crippen molar-refractivity contribution in [3.63, 3.8) is 0 Å². The van der Waals surface area contributed by atoms with E-state index in [4.69, 9.17) is 23.2 Å². The van der Waals surface area contributed by atoms with Crippen LogP contribution in [-0.4, -0.2) is 17.5 Å². The number of phenolic OH excluding ortho intramolecular Hbond substituents is 1. The Bertz CT molecular complexity index is 389. The molecule has 0 aliphatic rings. The van der Waals surface area contributed by atoms with Gasteiger partial charge in [0.2, 0.25) is 0 Å². The minimum absolute atomic E-state index is 0.0428. The number of benzene rings is 1. The Morgan fingerprint density at radius 3 is 2.50 bits per heavy atom. The van der Waals surface area contributed by atoms with Gasteiger partial charge in [0.1, 0.15) is 11.3 Å². The Hall–Kier alpha value is -1.26. The molecule has 0 aromatic heterocycles. The van der Waals surface area contributed by atoms with Gasteiger partial charge in [-0.1, -0.05) is 23.2 Å². The molecule has 0 fully saturated rings. The summed E-state index contributed by atoms with van der Waals surface area (Å²) in [7, 11) is 0. The lowest BCUT2D eigenvalue weighted by Crippen LogP contribution is -2.04. The summed E-state index contributed by atoms with van der Waals surface area (Å²) in [5.41, 5.74) is -0.328. The fourth-order valence-corrected chi connectivity index (χ4v) is 1.23. The highest BCUT2D eigenvalue weighted by Crippen LogP contribution is 2.33. The highest BCUT2D eigenvalue weighted by atomic mass is 35.5. The van der Waals surface area contributed by atoms with E-state index in [2.05, 4.69) is 4.74 Å². The molecule has 0 unspecified atom stereocenters. The van der Waals surface area contributed by atoms with Crippen LogP contribution in [-0.2, 0) is 9.53 Å². The molecule has 0 aliphatic carbocycles. The number of ether oxygens (including phenoxy) is 1. The molecule has 0 bridgehead atoms. The van der Waals surface area contributed by atoms with Gasteiger partial charge in [0.05, 0.1) is 10.0 Å². The molecule has 74 valence electrons. The van der Waals surface area contributed by atoms with Crippen LogP contribution in [0.3, 0.4) is 0 Å². The zero-order valence-electron chi connectivity index (χ0n) is 6.66. The first-order chi connectivity index (χ1) is 6.57. The summed E-state index contributed by atoms with van der Waals surface area (Å²) in [5, 5.41) is 9.25. The second kappa shape index (κ2) is 4.30. The maximum Gasteiger partial charge on any atom is 0.350 e. The predicted octanol–water partition coefficient (Wildman–Crippen LogP) is 2.01. The van der Waals surface area contributed by atoms with Crippen LogP contribution < -0.4 is 0 Å². The Balaban J connectivity index is 3.25. The van der Waals surface area contributed by atoms with Gasteiger partial charge in [-0.15, -0.1) is 0 Å². The van der Waals surface area contributed by atoms with Crippen LogP contribution in [0, 0.1) is 0 Å². The Kier molecular flexibility index (Phi) is 3.33. The van der Waals surface area contributed by atoms with E-state index in [1.54, 1.807) is 0 Å². The fourth-order valence-electron chi connectivity index (χ4n) is 0.838. The van der Waals surface area contributed by atoms with Gasteiger partial charge in [0.25, 0.3) is 0 Å². The zero-order valence-corrected chi connectivity index (χ0v) is 8.17. The van der Waals surface area contributed by atoms with Crippen LogP contribution in [0.4, 0.5) is 0 Å². The molecule has 0 heterocycles. The molecule has 14 heavy (non-hydrogen) atoms. The minimum Gasteiger partial charge on any atom is -0.505 e. The molecule has 4 nitrogen and oxygen atoms in total. The molecular weight excluding hydrogens is 231 g/mol. The smallest absolute Gasteiger partial charge is 0.350 e. The van der Waals surface area contributed by atoms with Crippen molar-refractivity contribution in [1.29, 1.82) is 0 Å². The minimum atomic E-state index is -1.05. The van der Waals surface area contributed by atoms with Crippen molar-refractivity contribution < 1.29 is 19.4 Å². The van der Waals surface area contributed by atoms with Crippen LogP contribution >= 0.6 is 23.2 Å². The maximum absolute atomic E-state index is 11.1. The van der Waals surface area contributed by atoms with Gasteiger partial charge >= 0.3 is 12.4 Å². The first-order valence-electron chi connectivity index (χ1n) is 3.39. The van der Waals surface area contributed by atoms with Gasteiger partial charge in [-0.3, -0.25) is 4.79 Å². The lowest BCUT2D eigenvalue weighted by molar-refractivity contribution is -0.123. The zero-order chi connectivity index (χ0) is 10.7. The summed E-state index contributed by atoms with van der Waals surface area (Å²) < 4.78 is 4.02. The molecule has 0 aliphatic heterocycles. The van der Waals surface area contributed by atoms with Crippen molar-refractivity contribution in [3.05, 3.63) is 27.7 Å². The van der Waals surface area contributed by atoms with E-state index in [1.165, 1.54) is 12.1 Å². The first-order valence-corrected chi connectivity index (χ1v) is 4.15. The van der Waals surface area contributed by atoms with Crippen LogP contribution in [0.2, 0.25) is 10.0 Å². The Morgan fingerprint density at radius 1 is 1.36 bits per heavy atom. The molecule has 1 rings (SSSR count). The van der Waals surface area contributed by atoms with Crippen molar-refractivity contribution >= 4 is 35.6 Å². The van der Waals surface area contributed by atoms with E-state index >= 15 is 0 Å². The first kappa shape index (κ1) is 10.8. The monoisotopic (exact) mass is 234 g/mol. The number of rotatable bonds is 2. The average molecular weight is 235 g/mol. The molecule has 0 atom stereocenters. The number of aromatic hydroxyl groups is 1.